The molecule has 5 rings (SSSR count). The number of Topliss-reactive ketones (excluding diaryl/α,β-unsaturated/α-hetero) is 1. The molecule has 2 saturated heterocycles. The molecule has 3 aromatic heterocycles. The minimum absolute atomic E-state index is 0.156. The zero-order valence-electron chi connectivity index (χ0n) is 23.5. The van der Waals surface area contributed by atoms with Crippen LogP contribution < -0.4 is 14.4 Å². The van der Waals surface area contributed by atoms with E-state index in [9.17, 15) is 18.0 Å². The van der Waals surface area contributed by atoms with E-state index in [0.717, 1.165) is 26.9 Å². The number of morpholine rings is 1. The Kier molecular flexibility index (Phi) is 8.40. The number of carbonyl (C=O) groups excluding carboxylic acids is 2. The van der Waals surface area contributed by atoms with Crippen molar-refractivity contribution >= 4 is 54.9 Å². The number of sulfonamides is 1. The van der Waals surface area contributed by atoms with E-state index in [1.165, 1.54) is 14.0 Å². The molecule has 3 aromatic rings. The molecule has 0 radical (unpaired) electrons. The third-order valence-electron chi connectivity index (χ3n) is 7.07. The van der Waals surface area contributed by atoms with Crippen LogP contribution in [-0.4, -0.2) is 111 Å². The van der Waals surface area contributed by atoms with Crippen LogP contribution in [0.4, 0.5) is 11.6 Å². The predicted molar refractivity (Wildman–Crippen MR) is 156 cm³/mol. The van der Waals surface area contributed by atoms with Crippen molar-refractivity contribution in [1.29, 1.82) is 0 Å². The lowest BCUT2D eigenvalue weighted by molar-refractivity contribution is -0.144. The number of pyridine rings is 1. The third-order valence-corrected chi connectivity index (χ3v) is 8.80. The van der Waals surface area contributed by atoms with Gasteiger partial charge in [-0.25, -0.2) is 23.4 Å². The van der Waals surface area contributed by atoms with Crippen molar-refractivity contribution in [2.75, 3.05) is 75.5 Å². The molecule has 15 heteroatoms. The van der Waals surface area contributed by atoms with Gasteiger partial charge >= 0.3 is 0 Å². The molecule has 0 aromatic carbocycles. The van der Waals surface area contributed by atoms with Gasteiger partial charge in [0.25, 0.3) is 5.91 Å². The first-order valence-corrected chi connectivity index (χ1v) is 15.9. The lowest BCUT2D eigenvalue weighted by Gasteiger charge is -2.34. The summed E-state index contributed by atoms with van der Waals surface area (Å²) in [4.78, 5) is 45.1. The summed E-state index contributed by atoms with van der Waals surface area (Å²) in [6, 6.07) is 1.68. The van der Waals surface area contributed by atoms with Gasteiger partial charge in [0.05, 0.1) is 42.5 Å². The van der Waals surface area contributed by atoms with E-state index in [2.05, 4.69) is 26.4 Å². The second-order valence-corrected chi connectivity index (χ2v) is 13.0. The predicted octanol–water partition coefficient (Wildman–Crippen LogP) is 1.51. The first-order chi connectivity index (χ1) is 19.5. The molecule has 5 heterocycles. The highest BCUT2D eigenvalue weighted by Crippen LogP contribution is 2.39. The van der Waals surface area contributed by atoms with Gasteiger partial charge in [0.15, 0.2) is 0 Å². The van der Waals surface area contributed by atoms with Crippen LogP contribution in [0.25, 0.3) is 21.5 Å². The molecule has 2 aliphatic heterocycles. The maximum absolute atomic E-state index is 12.1. The SMILES string of the molecule is COc1ncc(-c2nc(N3CCOCC3)nc3c(CN4CCN(C(=O)C(C)=O)CC4)c(C)sc23)cc1NS(C)(=O)=O. The van der Waals surface area contributed by atoms with Crippen LogP contribution in [0.5, 0.6) is 5.88 Å². The number of thiophene rings is 1. The van der Waals surface area contributed by atoms with Crippen LogP contribution in [0.2, 0.25) is 0 Å². The maximum atomic E-state index is 12.1. The topological polar surface area (TPSA) is 147 Å². The van der Waals surface area contributed by atoms with Crippen LogP contribution >= 0.6 is 11.3 Å². The van der Waals surface area contributed by atoms with Crippen molar-refractivity contribution in [3.8, 4) is 17.1 Å². The van der Waals surface area contributed by atoms with Crippen molar-refractivity contribution in [2.24, 2.45) is 0 Å². The highest BCUT2D eigenvalue weighted by Gasteiger charge is 2.27. The van der Waals surface area contributed by atoms with Gasteiger partial charge in [-0.3, -0.25) is 19.2 Å². The molecule has 0 atom stereocenters. The van der Waals surface area contributed by atoms with E-state index in [0.29, 0.717) is 76.2 Å². The van der Waals surface area contributed by atoms with Crippen LogP contribution in [0, 0.1) is 6.92 Å². The van der Waals surface area contributed by atoms with Gasteiger partial charge < -0.3 is 19.3 Å². The van der Waals surface area contributed by atoms with Gasteiger partial charge in [-0.2, -0.15) is 0 Å². The van der Waals surface area contributed by atoms with Gasteiger partial charge in [-0.15, -0.1) is 11.3 Å². The summed E-state index contributed by atoms with van der Waals surface area (Å²) in [5, 5.41) is 0. The molecule has 2 aliphatic rings. The average Bonchev–Trinajstić information content (AvgIpc) is 3.26. The number of methoxy groups -OCH3 is 1. The number of rotatable bonds is 8. The lowest BCUT2D eigenvalue weighted by atomic mass is 10.1. The van der Waals surface area contributed by atoms with Crippen LogP contribution in [-0.2, 0) is 30.9 Å². The number of ketones is 1. The summed E-state index contributed by atoms with van der Waals surface area (Å²) < 4.78 is 38.3. The maximum Gasteiger partial charge on any atom is 0.289 e. The number of fused-ring (bicyclic) bond motifs is 1. The summed E-state index contributed by atoms with van der Waals surface area (Å²) in [6.07, 6.45) is 2.69. The minimum Gasteiger partial charge on any atom is -0.480 e. The molecule has 1 amide bonds. The Balaban J connectivity index is 1.55. The number of anilines is 2. The average molecular weight is 604 g/mol. The first-order valence-electron chi connectivity index (χ1n) is 13.2. The highest BCUT2D eigenvalue weighted by atomic mass is 32.2. The van der Waals surface area contributed by atoms with E-state index in [1.54, 1.807) is 28.5 Å². The number of hydrogen-bond acceptors (Lipinski definition) is 12. The van der Waals surface area contributed by atoms with Crippen molar-refractivity contribution in [1.82, 2.24) is 24.8 Å². The first kappa shape index (κ1) is 29.1. The molecule has 0 aliphatic carbocycles. The summed E-state index contributed by atoms with van der Waals surface area (Å²) in [5.41, 5.74) is 3.40. The van der Waals surface area contributed by atoms with E-state index in [4.69, 9.17) is 19.4 Å². The number of nitrogens with one attached hydrogen (secondary N) is 1. The van der Waals surface area contributed by atoms with Crippen LogP contribution in [0.3, 0.4) is 0 Å². The number of nitrogens with zero attached hydrogens (tertiary/aromatic N) is 6. The van der Waals surface area contributed by atoms with Crippen LogP contribution in [0.15, 0.2) is 12.3 Å². The quantitative estimate of drug-likeness (QED) is 0.374. The smallest absolute Gasteiger partial charge is 0.289 e. The number of aryl methyl sites for hydroxylation is 1. The molecule has 41 heavy (non-hydrogen) atoms. The van der Waals surface area contributed by atoms with Gasteiger partial charge in [-0.05, 0) is 13.0 Å². The standard InChI is InChI=1S/C26H33N7O6S2/c1-16(34)25(35)32-7-5-31(6-8-32)15-19-17(2)40-23-21(28-26(29-22(19)23)33-9-11-39-12-10-33)18-13-20(30-41(4,36)37)24(38-3)27-14-18/h13-14,30H,5-12,15H2,1-4H3. The Hall–Kier alpha value is -3.40. The fourth-order valence-electron chi connectivity index (χ4n) is 4.98. The lowest BCUT2D eigenvalue weighted by Crippen LogP contribution is -2.49. The number of piperazine rings is 1. The largest absolute Gasteiger partial charge is 0.480 e. The monoisotopic (exact) mass is 603 g/mol. The van der Waals surface area contributed by atoms with Gasteiger partial charge in [0.2, 0.25) is 27.6 Å². The van der Waals surface area contributed by atoms with Gasteiger partial charge in [-0.1, -0.05) is 0 Å². The zero-order valence-corrected chi connectivity index (χ0v) is 25.1. The summed E-state index contributed by atoms with van der Waals surface area (Å²) in [7, 11) is -2.15. The molecule has 0 saturated carbocycles. The third kappa shape index (κ3) is 6.42. The Morgan fingerprint density at radius 3 is 2.46 bits per heavy atom. The zero-order chi connectivity index (χ0) is 29.3. The number of aromatic nitrogens is 3. The van der Waals surface area contributed by atoms with Gasteiger partial charge in [0, 0.05) is 74.9 Å². The highest BCUT2D eigenvalue weighted by molar-refractivity contribution is 7.92. The summed E-state index contributed by atoms with van der Waals surface area (Å²) in [5.74, 6) is -0.156. The Morgan fingerprint density at radius 1 is 1.12 bits per heavy atom. The molecule has 13 nitrogen and oxygen atoms in total. The summed E-state index contributed by atoms with van der Waals surface area (Å²) >= 11 is 1.58. The number of amides is 1. The molecule has 220 valence electrons. The van der Waals surface area contributed by atoms with Gasteiger partial charge in [0.1, 0.15) is 5.69 Å². The summed E-state index contributed by atoms with van der Waals surface area (Å²) in [6.45, 7) is 8.71. The fourth-order valence-corrected chi connectivity index (χ4v) is 6.64. The van der Waals surface area contributed by atoms with Crippen molar-refractivity contribution in [3.63, 3.8) is 0 Å². The number of carbonyl (C=O) groups is 2. The Morgan fingerprint density at radius 2 is 1.83 bits per heavy atom. The number of ether oxygens (including phenoxy) is 2. The fraction of sp³-hybridized carbons (Fsp3) is 0.500. The Bertz CT molecular complexity index is 1580. The molecular weight excluding hydrogens is 570 g/mol. The molecule has 0 bridgehead atoms. The number of hydrogen-bond donors (Lipinski definition) is 1. The van der Waals surface area contributed by atoms with E-state index >= 15 is 0 Å². The van der Waals surface area contributed by atoms with E-state index in [1.807, 2.05) is 0 Å². The minimum atomic E-state index is -3.58. The molecular formula is C26H33N7O6S2. The van der Waals surface area contributed by atoms with Crippen LogP contribution in [0.1, 0.15) is 17.4 Å². The Labute approximate surface area is 242 Å². The van der Waals surface area contributed by atoms with E-state index in [-0.39, 0.29) is 11.6 Å². The van der Waals surface area contributed by atoms with Crippen molar-refractivity contribution in [3.05, 3.63) is 22.7 Å². The molecule has 1 N–H and O–H groups in total. The molecule has 0 unspecified atom stereocenters. The molecule has 2 fully saturated rings. The second kappa shape index (κ2) is 11.8. The normalized spacial score (nSPS) is 16.7. The molecule has 0 spiro atoms. The second-order valence-electron chi connectivity index (χ2n) is 10.1. The van der Waals surface area contributed by atoms with E-state index < -0.39 is 21.7 Å². The van der Waals surface area contributed by atoms with Crippen molar-refractivity contribution in [2.45, 2.75) is 20.4 Å². The van der Waals surface area contributed by atoms with Crippen molar-refractivity contribution < 1.29 is 27.5 Å².